The molecule has 0 saturated carbocycles. The monoisotopic (exact) mass is 391 g/mol. The predicted octanol–water partition coefficient (Wildman–Crippen LogP) is 5.44. The first-order valence-electron chi connectivity index (χ1n) is 8.51. The molecular formula is C19H26ClN3O2Si. The van der Waals surface area contributed by atoms with Crippen LogP contribution in [-0.2, 0) is 6.54 Å². The molecule has 2 N–H and O–H groups in total. The first-order valence-corrected chi connectivity index (χ1v) is 11.8. The van der Waals surface area contributed by atoms with Crippen LogP contribution in [-0.4, -0.2) is 19.3 Å². The Morgan fingerprint density at radius 2 is 1.81 bits per heavy atom. The Hall–Kier alpha value is -2.05. The summed E-state index contributed by atoms with van der Waals surface area (Å²) in [4.78, 5) is 16.2. The minimum atomic E-state index is -1.90. The molecule has 0 bridgehead atoms. The van der Waals surface area contributed by atoms with Crippen molar-refractivity contribution < 1.29 is 9.22 Å². The number of hydrogen-bond acceptors (Lipinski definition) is 3. The summed E-state index contributed by atoms with van der Waals surface area (Å²) < 4.78 is 6.18. The number of halogens is 1. The molecule has 2 amide bonds. The Bertz CT molecular complexity index is 741. The van der Waals surface area contributed by atoms with Crippen LogP contribution in [0.3, 0.4) is 0 Å². The lowest BCUT2D eigenvalue weighted by Crippen LogP contribution is -2.43. The molecule has 0 aliphatic rings. The number of aromatic nitrogens is 1. The van der Waals surface area contributed by atoms with E-state index < -0.39 is 8.32 Å². The Morgan fingerprint density at radius 1 is 1.15 bits per heavy atom. The molecule has 7 heteroatoms. The maximum Gasteiger partial charge on any atom is 0.320 e. The fraction of sp³-hybridized carbons (Fsp3) is 0.368. The molecular weight excluding hydrogens is 366 g/mol. The fourth-order valence-corrected chi connectivity index (χ4v) is 3.05. The van der Waals surface area contributed by atoms with Crippen molar-refractivity contribution in [2.75, 3.05) is 5.32 Å². The molecule has 1 aromatic carbocycles. The van der Waals surface area contributed by atoms with Crippen LogP contribution in [0, 0.1) is 0 Å². The summed E-state index contributed by atoms with van der Waals surface area (Å²) in [6, 6.07) is 10.6. The zero-order valence-electron chi connectivity index (χ0n) is 15.9. The Balaban J connectivity index is 1.88. The molecule has 1 heterocycles. The lowest BCUT2D eigenvalue weighted by atomic mass is 10.2. The first-order chi connectivity index (χ1) is 12.1. The van der Waals surface area contributed by atoms with Crippen LogP contribution >= 0.6 is 11.6 Å². The highest BCUT2D eigenvalue weighted by molar-refractivity contribution is 6.74. The van der Waals surface area contributed by atoms with Gasteiger partial charge in [-0.1, -0.05) is 44.5 Å². The summed E-state index contributed by atoms with van der Waals surface area (Å²) in [5.41, 5.74) is 0.968. The molecule has 0 spiro atoms. The maximum atomic E-state index is 12.0. The fourth-order valence-electron chi connectivity index (χ4n) is 1.91. The van der Waals surface area contributed by atoms with Gasteiger partial charge in [0.2, 0.25) is 0 Å². The molecule has 0 unspecified atom stereocenters. The van der Waals surface area contributed by atoms with E-state index >= 15 is 0 Å². The molecule has 1 aromatic heterocycles. The third kappa shape index (κ3) is 5.74. The highest BCUT2D eigenvalue weighted by atomic mass is 35.5. The Labute approximate surface area is 161 Å². The number of amides is 2. The summed E-state index contributed by atoms with van der Waals surface area (Å²) in [5.74, 6) is 1.20. The SMILES string of the molecule is CC(C)(C)[Si](C)(C)Oc1ccc(NC(=O)NCc2ccc(Cl)cc2)nc1. The number of benzene rings is 1. The number of nitrogens with one attached hydrogen (secondary N) is 2. The van der Waals surface area contributed by atoms with Crippen LogP contribution in [0.15, 0.2) is 42.6 Å². The van der Waals surface area contributed by atoms with Gasteiger partial charge in [0, 0.05) is 11.6 Å². The summed E-state index contributed by atoms with van der Waals surface area (Å²) in [5, 5.41) is 6.28. The van der Waals surface area contributed by atoms with Crippen LogP contribution in [0.5, 0.6) is 5.75 Å². The van der Waals surface area contributed by atoms with Gasteiger partial charge in [0.1, 0.15) is 11.6 Å². The van der Waals surface area contributed by atoms with Gasteiger partial charge in [-0.3, -0.25) is 5.32 Å². The van der Waals surface area contributed by atoms with Gasteiger partial charge in [-0.2, -0.15) is 0 Å². The average Bonchev–Trinajstić information content (AvgIpc) is 2.55. The van der Waals surface area contributed by atoms with Gasteiger partial charge >= 0.3 is 6.03 Å². The molecule has 140 valence electrons. The van der Waals surface area contributed by atoms with Crippen molar-refractivity contribution >= 4 is 31.8 Å². The number of anilines is 1. The quantitative estimate of drug-likeness (QED) is 0.667. The predicted molar refractivity (Wildman–Crippen MR) is 109 cm³/mol. The summed E-state index contributed by atoms with van der Waals surface area (Å²) in [6.07, 6.45) is 1.65. The number of carbonyl (C=O) groups is 1. The molecule has 0 aliphatic carbocycles. The smallest absolute Gasteiger partial charge is 0.320 e. The van der Waals surface area contributed by atoms with E-state index in [2.05, 4.69) is 49.5 Å². The maximum absolute atomic E-state index is 12.0. The van der Waals surface area contributed by atoms with Crippen LogP contribution < -0.4 is 15.1 Å². The molecule has 2 rings (SSSR count). The van der Waals surface area contributed by atoms with Gasteiger partial charge in [0.05, 0.1) is 6.20 Å². The van der Waals surface area contributed by atoms with E-state index in [1.54, 1.807) is 24.4 Å². The van der Waals surface area contributed by atoms with Crippen LogP contribution in [0.2, 0.25) is 23.2 Å². The third-order valence-corrected chi connectivity index (χ3v) is 9.13. The second-order valence-corrected chi connectivity index (χ2v) is 12.8. The van der Waals surface area contributed by atoms with E-state index in [-0.39, 0.29) is 11.1 Å². The van der Waals surface area contributed by atoms with Gasteiger partial charge in [-0.05, 0) is 48.0 Å². The van der Waals surface area contributed by atoms with Gasteiger partial charge in [0.25, 0.3) is 8.32 Å². The van der Waals surface area contributed by atoms with Crippen molar-refractivity contribution in [1.29, 1.82) is 0 Å². The Kier molecular flexibility index (Phi) is 6.31. The van der Waals surface area contributed by atoms with Crippen molar-refractivity contribution in [2.45, 2.75) is 45.4 Å². The van der Waals surface area contributed by atoms with E-state index in [1.165, 1.54) is 0 Å². The van der Waals surface area contributed by atoms with Crippen molar-refractivity contribution in [2.24, 2.45) is 0 Å². The van der Waals surface area contributed by atoms with E-state index in [1.807, 2.05) is 18.2 Å². The van der Waals surface area contributed by atoms with Gasteiger partial charge in [0.15, 0.2) is 0 Å². The highest BCUT2D eigenvalue weighted by Gasteiger charge is 2.38. The number of hydrogen-bond donors (Lipinski definition) is 2. The topological polar surface area (TPSA) is 63.2 Å². The van der Waals surface area contributed by atoms with Gasteiger partial charge in [-0.15, -0.1) is 0 Å². The molecule has 0 atom stereocenters. The average molecular weight is 392 g/mol. The molecule has 0 radical (unpaired) electrons. The summed E-state index contributed by atoms with van der Waals surface area (Å²) in [7, 11) is -1.90. The molecule has 0 saturated heterocycles. The molecule has 0 fully saturated rings. The molecule has 0 aliphatic heterocycles. The number of carbonyl (C=O) groups excluding carboxylic acids is 1. The van der Waals surface area contributed by atoms with Crippen molar-refractivity contribution in [3.05, 3.63) is 53.2 Å². The number of urea groups is 1. The zero-order chi connectivity index (χ0) is 19.4. The Morgan fingerprint density at radius 3 is 2.35 bits per heavy atom. The van der Waals surface area contributed by atoms with E-state index in [4.69, 9.17) is 16.0 Å². The molecule has 5 nitrogen and oxygen atoms in total. The minimum absolute atomic E-state index is 0.117. The largest absolute Gasteiger partial charge is 0.542 e. The minimum Gasteiger partial charge on any atom is -0.542 e. The second-order valence-electron chi connectivity index (χ2n) is 7.68. The van der Waals surface area contributed by atoms with Crippen LogP contribution in [0.1, 0.15) is 26.3 Å². The molecule has 26 heavy (non-hydrogen) atoms. The summed E-state index contributed by atoms with van der Waals surface area (Å²) >= 11 is 5.84. The standard InChI is InChI=1S/C19H26ClN3O2Si/c1-19(2,3)26(4,5)25-16-10-11-17(21-13-16)23-18(24)22-12-14-6-8-15(20)9-7-14/h6-11,13H,12H2,1-5H3,(H2,21,22,23,24). The van der Waals surface area contributed by atoms with Gasteiger partial charge in [-0.25, -0.2) is 9.78 Å². The van der Waals surface area contributed by atoms with Crippen LogP contribution in [0.25, 0.3) is 0 Å². The number of nitrogens with zero attached hydrogens (tertiary/aromatic N) is 1. The normalized spacial score (nSPS) is 11.8. The van der Waals surface area contributed by atoms with E-state index in [0.29, 0.717) is 17.4 Å². The highest BCUT2D eigenvalue weighted by Crippen LogP contribution is 2.37. The van der Waals surface area contributed by atoms with Crippen molar-refractivity contribution in [3.8, 4) is 5.75 Å². The second kappa shape index (κ2) is 8.10. The van der Waals surface area contributed by atoms with Crippen molar-refractivity contribution in [1.82, 2.24) is 10.3 Å². The van der Waals surface area contributed by atoms with Crippen molar-refractivity contribution in [3.63, 3.8) is 0 Å². The van der Waals surface area contributed by atoms with E-state index in [9.17, 15) is 4.79 Å². The molecule has 2 aromatic rings. The lowest BCUT2D eigenvalue weighted by molar-refractivity contribution is 0.251. The number of pyridine rings is 1. The zero-order valence-corrected chi connectivity index (χ0v) is 17.6. The van der Waals surface area contributed by atoms with Gasteiger partial charge < -0.3 is 9.74 Å². The third-order valence-electron chi connectivity index (χ3n) is 4.52. The first kappa shape index (κ1) is 20.3. The summed E-state index contributed by atoms with van der Waals surface area (Å²) in [6.45, 7) is 11.3. The lowest BCUT2D eigenvalue weighted by Gasteiger charge is -2.36. The van der Waals surface area contributed by atoms with E-state index in [0.717, 1.165) is 11.3 Å². The van der Waals surface area contributed by atoms with Crippen LogP contribution in [0.4, 0.5) is 10.6 Å². The number of rotatable bonds is 5.